The zero-order valence-corrected chi connectivity index (χ0v) is 13.2. The van der Waals surface area contributed by atoms with Gasteiger partial charge in [-0.25, -0.2) is 13.1 Å². The van der Waals surface area contributed by atoms with E-state index in [1.807, 2.05) is 7.05 Å². The molecule has 0 aliphatic heterocycles. The first-order valence-corrected chi connectivity index (χ1v) is 8.77. The van der Waals surface area contributed by atoms with Crippen molar-refractivity contribution in [3.63, 3.8) is 0 Å². The van der Waals surface area contributed by atoms with E-state index < -0.39 is 10.0 Å². The van der Waals surface area contributed by atoms with Crippen LogP contribution < -0.4 is 14.9 Å². The third kappa shape index (κ3) is 4.50. The zero-order chi connectivity index (χ0) is 15.3. The monoisotopic (exact) mass is 327 g/mol. The molecule has 0 unspecified atom stereocenters. The summed E-state index contributed by atoms with van der Waals surface area (Å²) in [6, 6.07) is 6.78. The van der Waals surface area contributed by atoms with Gasteiger partial charge < -0.3 is 10.3 Å². The maximum atomic E-state index is 12.1. The largest absolute Gasteiger partial charge is 0.319 e. The molecule has 2 rings (SSSR count). The summed E-state index contributed by atoms with van der Waals surface area (Å²) in [5, 5.41) is 4.65. The summed E-state index contributed by atoms with van der Waals surface area (Å²) in [5.41, 5.74) is 1.63. The number of hydrogen-bond donors (Lipinski definition) is 3. The molecule has 6 nitrogen and oxygen atoms in total. The smallest absolute Gasteiger partial charge is 0.304 e. The average molecular weight is 327 g/mol. The van der Waals surface area contributed by atoms with Crippen LogP contribution in [-0.4, -0.2) is 27.0 Å². The summed E-state index contributed by atoms with van der Waals surface area (Å²) in [5.74, 6) is 0. The van der Waals surface area contributed by atoms with Gasteiger partial charge in [0.2, 0.25) is 10.0 Å². The standard InChI is InChI=1S/C13H17N3O3S2/c1-14-7-6-10-2-4-12(5-3-10)21(18,19)15-8-11-9-20-13(17)16-11/h2-5,9,14-15H,6-8H2,1H3,(H,16,17). The van der Waals surface area contributed by atoms with Crippen molar-refractivity contribution in [2.75, 3.05) is 13.6 Å². The van der Waals surface area contributed by atoms with Gasteiger partial charge >= 0.3 is 4.87 Å². The fourth-order valence-corrected chi connectivity index (χ4v) is 3.35. The predicted octanol–water partition coefficient (Wildman–Crippen LogP) is 0.677. The third-order valence-corrected chi connectivity index (χ3v) is 5.06. The molecule has 21 heavy (non-hydrogen) atoms. The Balaban J connectivity index is 2.03. The molecule has 1 aromatic heterocycles. The zero-order valence-electron chi connectivity index (χ0n) is 11.5. The van der Waals surface area contributed by atoms with E-state index in [9.17, 15) is 13.2 Å². The first-order valence-electron chi connectivity index (χ1n) is 6.41. The van der Waals surface area contributed by atoms with Crippen molar-refractivity contribution in [2.45, 2.75) is 17.9 Å². The van der Waals surface area contributed by atoms with E-state index in [2.05, 4.69) is 15.0 Å². The van der Waals surface area contributed by atoms with E-state index in [0.717, 1.165) is 29.9 Å². The molecule has 8 heteroatoms. The van der Waals surface area contributed by atoms with Crippen LogP contribution in [0.25, 0.3) is 0 Å². The number of rotatable bonds is 7. The van der Waals surface area contributed by atoms with Crippen LogP contribution in [0.3, 0.4) is 0 Å². The first-order chi connectivity index (χ1) is 10.0. The van der Waals surface area contributed by atoms with Crippen molar-refractivity contribution in [3.05, 3.63) is 50.6 Å². The second-order valence-corrected chi connectivity index (χ2v) is 7.10. The number of nitrogens with one attached hydrogen (secondary N) is 3. The van der Waals surface area contributed by atoms with Crippen LogP contribution in [-0.2, 0) is 23.0 Å². The lowest BCUT2D eigenvalue weighted by atomic mass is 10.1. The van der Waals surface area contributed by atoms with Crippen molar-refractivity contribution in [3.8, 4) is 0 Å². The van der Waals surface area contributed by atoms with Gasteiger partial charge in [-0.3, -0.25) is 4.79 Å². The Bertz CT molecular complexity index is 733. The molecule has 0 aliphatic rings. The Morgan fingerprint density at radius 2 is 1.95 bits per heavy atom. The Labute approximate surface area is 127 Å². The molecule has 0 spiro atoms. The molecule has 0 saturated carbocycles. The van der Waals surface area contributed by atoms with Gasteiger partial charge in [-0.05, 0) is 37.7 Å². The maximum absolute atomic E-state index is 12.1. The van der Waals surface area contributed by atoms with Gasteiger partial charge in [0.05, 0.1) is 11.4 Å². The number of aromatic nitrogens is 1. The van der Waals surface area contributed by atoms with Gasteiger partial charge in [0, 0.05) is 11.1 Å². The molecule has 0 fully saturated rings. The molecule has 0 saturated heterocycles. The van der Waals surface area contributed by atoms with E-state index in [0.29, 0.717) is 5.69 Å². The average Bonchev–Trinajstić information content (AvgIpc) is 2.89. The van der Waals surface area contributed by atoms with E-state index in [4.69, 9.17) is 0 Å². The van der Waals surface area contributed by atoms with Crippen LogP contribution in [0, 0.1) is 0 Å². The second-order valence-electron chi connectivity index (χ2n) is 4.50. The molecule has 0 radical (unpaired) electrons. The predicted molar refractivity (Wildman–Crippen MR) is 83.0 cm³/mol. The summed E-state index contributed by atoms with van der Waals surface area (Å²) in [4.78, 5) is 13.6. The Morgan fingerprint density at radius 1 is 1.24 bits per heavy atom. The highest BCUT2D eigenvalue weighted by Crippen LogP contribution is 2.11. The Morgan fingerprint density at radius 3 is 2.52 bits per heavy atom. The molecule has 2 aromatic rings. The van der Waals surface area contributed by atoms with Crippen molar-refractivity contribution >= 4 is 21.4 Å². The Hall–Kier alpha value is -1.48. The fourth-order valence-electron chi connectivity index (χ4n) is 1.76. The molecule has 0 aliphatic carbocycles. The fraction of sp³-hybridized carbons (Fsp3) is 0.308. The molecular weight excluding hydrogens is 310 g/mol. The summed E-state index contributed by atoms with van der Waals surface area (Å²) < 4.78 is 26.7. The second kappa shape index (κ2) is 6.99. The molecule has 0 bridgehead atoms. The van der Waals surface area contributed by atoms with Gasteiger partial charge in [-0.2, -0.15) is 0 Å². The molecule has 114 valence electrons. The maximum Gasteiger partial charge on any atom is 0.304 e. The third-order valence-electron chi connectivity index (χ3n) is 2.92. The molecule has 0 atom stereocenters. The summed E-state index contributed by atoms with van der Waals surface area (Å²) >= 11 is 1.01. The highest BCUT2D eigenvalue weighted by atomic mass is 32.2. The molecular formula is C13H17N3O3S2. The highest BCUT2D eigenvalue weighted by Gasteiger charge is 2.13. The Kier molecular flexibility index (Phi) is 5.29. The van der Waals surface area contributed by atoms with E-state index in [1.165, 1.54) is 0 Å². The van der Waals surface area contributed by atoms with Crippen molar-refractivity contribution in [2.24, 2.45) is 0 Å². The lowest BCUT2D eigenvalue weighted by molar-refractivity contribution is 0.580. The van der Waals surface area contributed by atoms with Crippen molar-refractivity contribution in [1.82, 2.24) is 15.0 Å². The van der Waals surface area contributed by atoms with Crippen LogP contribution >= 0.6 is 11.3 Å². The minimum Gasteiger partial charge on any atom is -0.319 e. The number of H-pyrrole nitrogens is 1. The molecule has 1 heterocycles. The number of benzene rings is 1. The van der Waals surface area contributed by atoms with Crippen LogP contribution in [0.15, 0.2) is 39.3 Å². The number of hydrogen-bond acceptors (Lipinski definition) is 5. The molecule has 1 aromatic carbocycles. The van der Waals surface area contributed by atoms with E-state index in [1.54, 1.807) is 29.6 Å². The number of thiazole rings is 1. The van der Waals surface area contributed by atoms with Crippen molar-refractivity contribution in [1.29, 1.82) is 0 Å². The minimum absolute atomic E-state index is 0.0720. The van der Waals surface area contributed by atoms with Gasteiger partial charge in [-0.1, -0.05) is 23.5 Å². The van der Waals surface area contributed by atoms with Gasteiger partial charge in [0.1, 0.15) is 0 Å². The van der Waals surface area contributed by atoms with Crippen LogP contribution in [0.2, 0.25) is 0 Å². The topological polar surface area (TPSA) is 91.1 Å². The summed E-state index contributed by atoms with van der Waals surface area (Å²) in [6.07, 6.45) is 0.848. The SMILES string of the molecule is CNCCc1ccc(S(=O)(=O)NCc2csc(=O)[nH]2)cc1. The number of likely N-dealkylation sites (N-methyl/N-ethyl adjacent to an activating group) is 1. The molecule has 0 amide bonds. The van der Waals surface area contributed by atoms with Gasteiger partial charge in [0.25, 0.3) is 0 Å². The summed E-state index contributed by atoms with van der Waals surface area (Å²) in [7, 11) is -1.70. The molecule has 3 N–H and O–H groups in total. The van der Waals surface area contributed by atoms with Gasteiger partial charge in [0.15, 0.2) is 0 Å². The van der Waals surface area contributed by atoms with E-state index in [-0.39, 0.29) is 16.3 Å². The van der Waals surface area contributed by atoms with Crippen LogP contribution in [0.4, 0.5) is 0 Å². The quantitative estimate of drug-likeness (QED) is 0.697. The number of aromatic amines is 1. The summed E-state index contributed by atoms with van der Waals surface area (Å²) in [6.45, 7) is 0.915. The lowest BCUT2D eigenvalue weighted by Gasteiger charge is -2.07. The first kappa shape index (κ1) is 15.9. The number of sulfonamides is 1. The minimum atomic E-state index is -3.57. The van der Waals surface area contributed by atoms with Crippen LogP contribution in [0.5, 0.6) is 0 Å². The normalized spacial score (nSPS) is 11.7. The van der Waals surface area contributed by atoms with Gasteiger partial charge in [-0.15, -0.1) is 0 Å². The highest BCUT2D eigenvalue weighted by molar-refractivity contribution is 7.89. The van der Waals surface area contributed by atoms with E-state index >= 15 is 0 Å². The lowest BCUT2D eigenvalue weighted by Crippen LogP contribution is -2.23. The van der Waals surface area contributed by atoms with Crippen molar-refractivity contribution < 1.29 is 8.42 Å². The van der Waals surface area contributed by atoms with Crippen LogP contribution in [0.1, 0.15) is 11.3 Å².